The van der Waals surface area contributed by atoms with E-state index in [4.69, 9.17) is 15.2 Å². The Morgan fingerprint density at radius 3 is 2.18 bits per heavy atom. The van der Waals surface area contributed by atoms with Gasteiger partial charge in [0.25, 0.3) is 0 Å². The molecule has 1 aliphatic rings. The van der Waals surface area contributed by atoms with Crippen molar-refractivity contribution >= 4 is 0 Å². The number of hydrogen-bond donors (Lipinski definition) is 1. The minimum atomic E-state index is 0.168. The lowest BCUT2D eigenvalue weighted by Crippen LogP contribution is -2.26. The van der Waals surface area contributed by atoms with Gasteiger partial charge < -0.3 is 15.2 Å². The summed E-state index contributed by atoms with van der Waals surface area (Å²) in [5, 5.41) is 0. The van der Waals surface area contributed by atoms with Crippen LogP contribution in [0.15, 0.2) is 48.0 Å². The van der Waals surface area contributed by atoms with Gasteiger partial charge in [-0.05, 0) is 31.4 Å². The summed E-state index contributed by atoms with van der Waals surface area (Å²) in [4.78, 5) is 0. The van der Waals surface area contributed by atoms with Crippen molar-refractivity contribution < 1.29 is 9.47 Å². The zero-order chi connectivity index (χ0) is 12.8. The lowest BCUT2D eigenvalue weighted by atomic mass is 9.84. The highest BCUT2D eigenvalue weighted by atomic mass is 16.5. The van der Waals surface area contributed by atoms with Crippen LogP contribution < -0.4 is 5.73 Å². The van der Waals surface area contributed by atoms with E-state index in [0.29, 0.717) is 0 Å². The van der Waals surface area contributed by atoms with Gasteiger partial charge in [-0.1, -0.05) is 13.2 Å². The van der Waals surface area contributed by atoms with E-state index in [-0.39, 0.29) is 6.04 Å². The van der Waals surface area contributed by atoms with Gasteiger partial charge in [-0.2, -0.15) is 0 Å². The molecule has 0 aromatic heterocycles. The van der Waals surface area contributed by atoms with Crippen molar-refractivity contribution in [3.63, 3.8) is 0 Å². The minimum absolute atomic E-state index is 0.168. The normalized spacial score (nSPS) is 25.9. The molecule has 1 aliphatic carbocycles. The first-order chi connectivity index (χ1) is 8.17. The fourth-order valence-electron chi connectivity index (χ4n) is 2.15. The monoisotopic (exact) mass is 235 g/mol. The van der Waals surface area contributed by atoms with Crippen molar-refractivity contribution in [1.82, 2.24) is 0 Å². The summed E-state index contributed by atoms with van der Waals surface area (Å²) in [6.45, 7) is 7.53. The standard InChI is InChI=1S/C14H21NO2/c1-5-13(16-3)11-8-7-10(15)9-12(11)14(6-2)17-4/h5-6,10H,1-2,7-9,15H2,3-4H3/b13-11+,14-12+. The fraction of sp³-hybridized carbons (Fsp3) is 0.429. The Hall–Kier alpha value is -1.48. The molecule has 2 N–H and O–H groups in total. The number of methoxy groups -OCH3 is 2. The van der Waals surface area contributed by atoms with Crippen LogP contribution in [0.2, 0.25) is 0 Å². The first-order valence-corrected chi connectivity index (χ1v) is 5.73. The van der Waals surface area contributed by atoms with E-state index in [2.05, 4.69) is 13.2 Å². The van der Waals surface area contributed by atoms with Crippen molar-refractivity contribution in [3.05, 3.63) is 48.0 Å². The molecule has 0 aromatic carbocycles. The van der Waals surface area contributed by atoms with Gasteiger partial charge in [-0.3, -0.25) is 0 Å². The van der Waals surface area contributed by atoms with Crippen molar-refractivity contribution in [1.29, 1.82) is 0 Å². The topological polar surface area (TPSA) is 44.5 Å². The van der Waals surface area contributed by atoms with E-state index in [0.717, 1.165) is 41.9 Å². The lowest BCUT2D eigenvalue weighted by molar-refractivity contribution is 0.288. The molecule has 1 unspecified atom stereocenters. The van der Waals surface area contributed by atoms with E-state index in [1.54, 1.807) is 26.4 Å². The number of allylic oxidation sites excluding steroid dienone is 3. The van der Waals surface area contributed by atoms with E-state index < -0.39 is 0 Å². The van der Waals surface area contributed by atoms with Crippen LogP contribution in [0.4, 0.5) is 0 Å². The van der Waals surface area contributed by atoms with E-state index >= 15 is 0 Å². The highest BCUT2D eigenvalue weighted by molar-refractivity contribution is 5.43. The Labute approximate surface area is 103 Å². The van der Waals surface area contributed by atoms with Crippen LogP contribution in [0.25, 0.3) is 0 Å². The Morgan fingerprint density at radius 2 is 1.71 bits per heavy atom. The molecule has 0 saturated heterocycles. The third-order valence-corrected chi connectivity index (χ3v) is 3.00. The molecule has 0 bridgehead atoms. The average molecular weight is 235 g/mol. The molecule has 1 rings (SSSR count). The van der Waals surface area contributed by atoms with Gasteiger partial charge in [0.2, 0.25) is 0 Å². The summed E-state index contributed by atoms with van der Waals surface area (Å²) in [7, 11) is 3.29. The fourth-order valence-corrected chi connectivity index (χ4v) is 2.15. The highest BCUT2D eigenvalue weighted by Crippen LogP contribution is 2.34. The highest BCUT2D eigenvalue weighted by Gasteiger charge is 2.23. The molecule has 0 aromatic rings. The molecule has 0 radical (unpaired) electrons. The van der Waals surface area contributed by atoms with E-state index in [1.807, 2.05) is 0 Å². The summed E-state index contributed by atoms with van der Waals surface area (Å²) in [5.74, 6) is 1.56. The Balaban J connectivity index is 3.27. The quantitative estimate of drug-likeness (QED) is 0.762. The third kappa shape index (κ3) is 3.01. The van der Waals surface area contributed by atoms with Gasteiger partial charge in [0.05, 0.1) is 14.2 Å². The Bertz CT molecular complexity index is 366. The Morgan fingerprint density at radius 1 is 1.18 bits per heavy atom. The molecule has 1 saturated carbocycles. The molecular weight excluding hydrogens is 214 g/mol. The third-order valence-electron chi connectivity index (χ3n) is 3.00. The van der Waals surface area contributed by atoms with Gasteiger partial charge >= 0.3 is 0 Å². The molecule has 1 atom stereocenters. The summed E-state index contributed by atoms with van der Waals surface area (Å²) >= 11 is 0. The Kier molecular flexibility index (Phi) is 5.04. The first-order valence-electron chi connectivity index (χ1n) is 5.73. The van der Waals surface area contributed by atoms with Gasteiger partial charge in [-0.15, -0.1) is 0 Å². The van der Waals surface area contributed by atoms with Crippen LogP contribution in [0.3, 0.4) is 0 Å². The van der Waals surface area contributed by atoms with Crippen molar-refractivity contribution in [2.75, 3.05) is 14.2 Å². The molecule has 94 valence electrons. The molecule has 3 heteroatoms. The molecule has 0 spiro atoms. The van der Waals surface area contributed by atoms with Gasteiger partial charge in [-0.25, -0.2) is 0 Å². The maximum Gasteiger partial charge on any atom is 0.121 e. The molecule has 1 fully saturated rings. The molecule has 0 amide bonds. The second kappa shape index (κ2) is 6.30. The van der Waals surface area contributed by atoms with Crippen LogP contribution >= 0.6 is 0 Å². The predicted octanol–water partition coefficient (Wildman–Crippen LogP) is 2.67. The number of hydrogen-bond acceptors (Lipinski definition) is 3. The summed E-state index contributed by atoms with van der Waals surface area (Å²) < 4.78 is 10.7. The smallest absolute Gasteiger partial charge is 0.121 e. The number of nitrogens with two attached hydrogens (primary N) is 1. The zero-order valence-corrected chi connectivity index (χ0v) is 10.7. The molecule has 3 nitrogen and oxygen atoms in total. The van der Waals surface area contributed by atoms with Crippen LogP contribution in [0.1, 0.15) is 19.3 Å². The van der Waals surface area contributed by atoms with E-state index in [9.17, 15) is 0 Å². The number of ether oxygens (including phenoxy) is 2. The molecule has 17 heavy (non-hydrogen) atoms. The van der Waals surface area contributed by atoms with Crippen LogP contribution in [0.5, 0.6) is 0 Å². The summed E-state index contributed by atoms with van der Waals surface area (Å²) in [5.41, 5.74) is 8.21. The van der Waals surface area contributed by atoms with E-state index in [1.165, 1.54) is 0 Å². The van der Waals surface area contributed by atoms with Gasteiger partial charge in [0, 0.05) is 17.2 Å². The molecule has 0 heterocycles. The van der Waals surface area contributed by atoms with Gasteiger partial charge in [0.15, 0.2) is 0 Å². The zero-order valence-electron chi connectivity index (χ0n) is 10.7. The minimum Gasteiger partial charge on any atom is -0.496 e. The van der Waals surface area contributed by atoms with Crippen molar-refractivity contribution in [3.8, 4) is 0 Å². The lowest BCUT2D eigenvalue weighted by Gasteiger charge is -2.26. The first kappa shape index (κ1) is 13.6. The second-order valence-electron chi connectivity index (χ2n) is 4.00. The van der Waals surface area contributed by atoms with Crippen LogP contribution in [0, 0.1) is 0 Å². The SMILES string of the molecule is C=C/C(OC)=C1/CCC(N)C/C1=C(/C=C)OC. The van der Waals surface area contributed by atoms with Crippen molar-refractivity contribution in [2.24, 2.45) is 5.73 Å². The van der Waals surface area contributed by atoms with Crippen molar-refractivity contribution in [2.45, 2.75) is 25.3 Å². The maximum atomic E-state index is 6.00. The number of rotatable bonds is 4. The summed E-state index contributed by atoms with van der Waals surface area (Å²) in [6.07, 6.45) is 6.05. The predicted molar refractivity (Wildman–Crippen MR) is 70.3 cm³/mol. The second-order valence-corrected chi connectivity index (χ2v) is 4.00. The average Bonchev–Trinajstić information content (AvgIpc) is 2.34. The summed E-state index contributed by atoms with van der Waals surface area (Å²) in [6, 6.07) is 0.168. The van der Waals surface area contributed by atoms with Crippen LogP contribution in [-0.2, 0) is 9.47 Å². The molecular formula is C14H21NO2. The largest absolute Gasteiger partial charge is 0.496 e. The van der Waals surface area contributed by atoms with Gasteiger partial charge in [0.1, 0.15) is 11.5 Å². The molecule has 0 aliphatic heterocycles. The maximum absolute atomic E-state index is 6.00. The van der Waals surface area contributed by atoms with Crippen LogP contribution in [-0.4, -0.2) is 20.3 Å².